The van der Waals surface area contributed by atoms with Crippen molar-refractivity contribution >= 4 is 0 Å². The van der Waals surface area contributed by atoms with Gasteiger partial charge >= 0.3 is 0 Å². The molecule has 2 rings (SSSR count). The largest absolute Gasteiger partial charge is 0.206 e. The molecular formula is C19H20FN. The highest BCUT2D eigenvalue weighted by molar-refractivity contribution is 5.42. The van der Waals surface area contributed by atoms with Crippen molar-refractivity contribution in [2.75, 3.05) is 0 Å². The van der Waals surface area contributed by atoms with E-state index >= 15 is 0 Å². The minimum atomic E-state index is -0.508. The molecule has 0 aliphatic heterocycles. The maximum atomic E-state index is 13.4. The van der Waals surface area contributed by atoms with Gasteiger partial charge in [0.05, 0.1) is 5.56 Å². The second-order valence-electron chi connectivity index (χ2n) is 5.62. The van der Waals surface area contributed by atoms with Crippen LogP contribution < -0.4 is 0 Å². The number of nitrogens with zero attached hydrogens (tertiary/aromatic N) is 1. The molecule has 1 aromatic carbocycles. The van der Waals surface area contributed by atoms with Crippen LogP contribution in [0.3, 0.4) is 0 Å². The van der Waals surface area contributed by atoms with Gasteiger partial charge in [-0.2, -0.15) is 5.26 Å². The molecule has 1 aromatic rings. The Morgan fingerprint density at radius 3 is 2.67 bits per heavy atom. The molecule has 0 heterocycles. The third kappa shape index (κ3) is 4.47. The molecule has 0 saturated heterocycles. The van der Waals surface area contributed by atoms with E-state index in [9.17, 15) is 4.39 Å². The maximum absolute atomic E-state index is 13.4. The number of halogens is 1. The number of rotatable bonds is 2. The van der Waals surface area contributed by atoms with Crippen molar-refractivity contribution in [3.05, 3.63) is 47.3 Å². The predicted octanol–water partition coefficient (Wildman–Crippen LogP) is 4.82. The first-order chi connectivity index (χ1) is 10.2. The van der Waals surface area contributed by atoms with Crippen LogP contribution in [0.1, 0.15) is 50.2 Å². The molecule has 0 bridgehead atoms. The van der Waals surface area contributed by atoms with Crippen LogP contribution in [0, 0.1) is 40.8 Å². The molecule has 2 heteroatoms. The molecule has 1 aliphatic rings. The van der Waals surface area contributed by atoms with Gasteiger partial charge in [0.25, 0.3) is 0 Å². The molecule has 21 heavy (non-hydrogen) atoms. The van der Waals surface area contributed by atoms with Crippen molar-refractivity contribution in [2.24, 2.45) is 11.8 Å². The van der Waals surface area contributed by atoms with Gasteiger partial charge in [-0.1, -0.05) is 31.3 Å². The Morgan fingerprint density at radius 2 is 2.05 bits per heavy atom. The summed E-state index contributed by atoms with van der Waals surface area (Å²) >= 11 is 0. The van der Waals surface area contributed by atoms with Crippen molar-refractivity contribution in [1.29, 1.82) is 5.26 Å². The number of allylic oxidation sites excluding steroid dienone is 2. The van der Waals surface area contributed by atoms with E-state index in [2.05, 4.69) is 24.8 Å². The highest BCUT2D eigenvalue weighted by atomic mass is 19.1. The summed E-state index contributed by atoms with van der Waals surface area (Å²) in [7, 11) is 0. The molecule has 0 amide bonds. The zero-order chi connectivity index (χ0) is 15.1. The van der Waals surface area contributed by atoms with Gasteiger partial charge in [-0.05, 0) is 61.8 Å². The maximum Gasteiger partial charge on any atom is 0.142 e. The molecule has 0 radical (unpaired) electrons. The second kappa shape index (κ2) is 7.65. The van der Waals surface area contributed by atoms with Crippen LogP contribution in [0.2, 0.25) is 0 Å². The van der Waals surface area contributed by atoms with Crippen LogP contribution in [0.15, 0.2) is 30.4 Å². The summed E-state index contributed by atoms with van der Waals surface area (Å²) in [6.07, 6.45) is 10.5. The summed E-state index contributed by atoms with van der Waals surface area (Å²) in [4.78, 5) is 0. The minimum Gasteiger partial charge on any atom is -0.206 e. The smallest absolute Gasteiger partial charge is 0.142 e. The van der Waals surface area contributed by atoms with Gasteiger partial charge in [0, 0.05) is 5.56 Å². The molecule has 0 unspecified atom stereocenters. The van der Waals surface area contributed by atoms with Crippen molar-refractivity contribution in [1.82, 2.24) is 0 Å². The van der Waals surface area contributed by atoms with Crippen molar-refractivity contribution < 1.29 is 4.39 Å². The van der Waals surface area contributed by atoms with Crippen molar-refractivity contribution in [3.8, 4) is 17.9 Å². The van der Waals surface area contributed by atoms with E-state index in [1.54, 1.807) is 12.1 Å². The van der Waals surface area contributed by atoms with Crippen LogP contribution in [0.5, 0.6) is 0 Å². The van der Waals surface area contributed by atoms with E-state index < -0.39 is 5.82 Å². The summed E-state index contributed by atoms with van der Waals surface area (Å²) < 4.78 is 13.4. The average molecular weight is 281 g/mol. The van der Waals surface area contributed by atoms with Crippen LogP contribution >= 0.6 is 0 Å². The van der Waals surface area contributed by atoms with Gasteiger partial charge in [0.2, 0.25) is 0 Å². The Labute approximate surface area is 126 Å². The molecule has 1 aliphatic carbocycles. The van der Waals surface area contributed by atoms with E-state index in [1.807, 2.05) is 6.08 Å². The monoisotopic (exact) mass is 281 g/mol. The quantitative estimate of drug-likeness (QED) is 0.713. The highest BCUT2D eigenvalue weighted by Gasteiger charge is 2.17. The molecular weight excluding hydrogens is 261 g/mol. The average Bonchev–Trinajstić information content (AvgIpc) is 2.52. The molecule has 0 N–H and O–H groups in total. The Hall–Kier alpha value is -2.06. The fourth-order valence-electron chi connectivity index (χ4n) is 2.78. The standard InChI is InChI=1S/C19H20FN/c1-2-15-7-9-16(10-8-15)5-3-4-6-17-11-12-18(14-21)19(20)13-17/h3,5,11-13,15-16H,2,7-10H2,1H3. The lowest BCUT2D eigenvalue weighted by atomic mass is 9.81. The van der Waals surface area contributed by atoms with Crippen LogP contribution in [-0.4, -0.2) is 0 Å². The summed E-state index contributed by atoms with van der Waals surface area (Å²) in [5.41, 5.74) is 0.662. The highest BCUT2D eigenvalue weighted by Crippen LogP contribution is 2.31. The molecule has 0 aromatic heterocycles. The molecule has 0 atom stereocenters. The normalized spacial score (nSPS) is 21.6. The Kier molecular flexibility index (Phi) is 5.59. The van der Waals surface area contributed by atoms with Crippen LogP contribution in [-0.2, 0) is 0 Å². The molecule has 1 nitrogen and oxygen atoms in total. The first-order valence-corrected chi connectivity index (χ1v) is 7.60. The SMILES string of the molecule is CCC1CCC(C=CC#Cc2ccc(C#N)c(F)c2)CC1. The first kappa shape index (κ1) is 15.3. The van der Waals surface area contributed by atoms with Gasteiger partial charge in [-0.25, -0.2) is 4.39 Å². The summed E-state index contributed by atoms with van der Waals surface area (Å²) in [5.74, 6) is 6.90. The number of hydrogen-bond donors (Lipinski definition) is 0. The fourth-order valence-corrected chi connectivity index (χ4v) is 2.78. The lowest BCUT2D eigenvalue weighted by molar-refractivity contribution is 0.304. The second-order valence-corrected chi connectivity index (χ2v) is 5.62. The van der Waals surface area contributed by atoms with Gasteiger partial charge in [-0.3, -0.25) is 0 Å². The van der Waals surface area contributed by atoms with Crippen LogP contribution in [0.25, 0.3) is 0 Å². The summed E-state index contributed by atoms with van der Waals surface area (Å²) in [6.45, 7) is 2.27. The third-order valence-electron chi connectivity index (χ3n) is 4.23. The van der Waals surface area contributed by atoms with E-state index in [0.29, 0.717) is 11.5 Å². The zero-order valence-electron chi connectivity index (χ0n) is 12.4. The van der Waals surface area contributed by atoms with Gasteiger partial charge < -0.3 is 0 Å². The van der Waals surface area contributed by atoms with Crippen molar-refractivity contribution in [2.45, 2.75) is 39.0 Å². The number of hydrogen-bond acceptors (Lipinski definition) is 1. The van der Waals surface area contributed by atoms with Gasteiger partial charge in [-0.15, -0.1) is 0 Å². The lowest BCUT2D eigenvalue weighted by Gasteiger charge is -2.25. The summed E-state index contributed by atoms with van der Waals surface area (Å²) in [6, 6.07) is 6.26. The molecule has 1 saturated carbocycles. The number of nitriles is 1. The zero-order valence-corrected chi connectivity index (χ0v) is 12.4. The third-order valence-corrected chi connectivity index (χ3v) is 4.23. The lowest BCUT2D eigenvalue weighted by Crippen LogP contribution is -2.11. The Balaban J connectivity index is 1.90. The predicted molar refractivity (Wildman–Crippen MR) is 82.9 cm³/mol. The van der Waals surface area contributed by atoms with E-state index in [1.165, 1.54) is 44.2 Å². The first-order valence-electron chi connectivity index (χ1n) is 7.60. The van der Waals surface area contributed by atoms with E-state index in [4.69, 9.17) is 5.26 Å². The molecule has 108 valence electrons. The fraction of sp³-hybridized carbons (Fsp3) is 0.421. The molecule has 0 spiro atoms. The van der Waals surface area contributed by atoms with Gasteiger partial charge in [0.15, 0.2) is 0 Å². The summed E-state index contributed by atoms with van der Waals surface area (Å²) in [5, 5.41) is 8.67. The topological polar surface area (TPSA) is 23.8 Å². The van der Waals surface area contributed by atoms with Crippen LogP contribution in [0.4, 0.5) is 4.39 Å². The van der Waals surface area contributed by atoms with E-state index in [-0.39, 0.29) is 5.56 Å². The van der Waals surface area contributed by atoms with E-state index in [0.717, 1.165) is 5.92 Å². The molecule has 1 fully saturated rings. The number of benzene rings is 1. The Morgan fingerprint density at radius 1 is 1.29 bits per heavy atom. The van der Waals surface area contributed by atoms with Crippen molar-refractivity contribution in [3.63, 3.8) is 0 Å². The Bertz CT molecular complexity index is 605. The minimum absolute atomic E-state index is 0.0591. The van der Waals surface area contributed by atoms with Gasteiger partial charge in [0.1, 0.15) is 11.9 Å².